The number of anilines is 2. The van der Waals surface area contributed by atoms with Crippen molar-refractivity contribution in [2.24, 2.45) is 0 Å². The molecule has 3 aromatic rings. The summed E-state index contributed by atoms with van der Waals surface area (Å²) in [5.41, 5.74) is 2.02. The number of aryl methyl sites for hydroxylation is 1. The molecule has 8 heteroatoms. The average Bonchev–Trinajstić information content (AvgIpc) is 2.85. The maximum Gasteiger partial charge on any atom is 0.264 e. The summed E-state index contributed by atoms with van der Waals surface area (Å²) >= 11 is 6.13. The standard InChI is InChI=1S/C22H18ClN3O4/c1-13-10-16(19(29-2)11-15(13)23)25-20(27)12-26-17-7-3-4-8-18(17)30-21-14(22(26)28)6-5-9-24-21/h3-11H,12H2,1-2H3,(H,25,27). The van der Waals surface area contributed by atoms with Crippen LogP contribution in [0.1, 0.15) is 15.9 Å². The van der Waals surface area contributed by atoms with Gasteiger partial charge in [-0.2, -0.15) is 0 Å². The topological polar surface area (TPSA) is 80.8 Å². The van der Waals surface area contributed by atoms with Crippen molar-refractivity contribution in [2.45, 2.75) is 6.92 Å². The minimum absolute atomic E-state index is 0.202. The van der Waals surface area contributed by atoms with Gasteiger partial charge < -0.3 is 14.8 Å². The first-order valence-corrected chi connectivity index (χ1v) is 9.53. The summed E-state index contributed by atoms with van der Waals surface area (Å²) in [6, 6.07) is 13.6. The molecule has 0 atom stereocenters. The Labute approximate surface area is 178 Å². The number of pyridine rings is 1. The van der Waals surface area contributed by atoms with Crippen LogP contribution in [0, 0.1) is 6.92 Å². The van der Waals surface area contributed by atoms with E-state index in [0.29, 0.717) is 27.9 Å². The van der Waals surface area contributed by atoms with Gasteiger partial charge in [-0.15, -0.1) is 0 Å². The molecule has 0 aliphatic carbocycles. The van der Waals surface area contributed by atoms with Crippen LogP contribution >= 0.6 is 11.6 Å². The van der Waals surface area contributed by atoms with E-state index in [0.717, 1.165) is 5.56 Å². The summed E-state index contributed by atoms with van der Waals surface area (Å²) in [4.78, 5) is 31.6. The van der Waals surface area contributed by atoms with Gasteiger partial charge in [0.2, 0.25) is 11.8 Å². The number of aromatic nitrogens is 1. The minimum atomic E-state index is -0.398. The van der Waals surface area contributed by atoms with Crippen LogP contribution in [0.2, 0.25) is 5.02 Å². The number of amides is 2. The van der Waals surface area contributed by atoms with Crippen molar-refractivity contribution in [2.75, 3.05) is 23.9 Å². The Morgan fingerprint density at radius 2 is 2.03 bits per heavy atom. The van der Waals surface area contributed by atoms with Crippen LogP contribution in [0.3, 0.4) is 0 Å². The number of carbonyl (C=O) groups excluding carboxylic acids is 2. The number of ether oxygens (including phenoxy) is 2. The van der Waals surface area contributed by atoms with E-state index in [9.17, 15) is 9.59 Å². The summed E-state index contributed by atoms with van der Waals surface area (Å²) < 4.78 is 11.1. The quantitative estimate of drug-likeness (QED) is 0.670. The van der Waals surface area contributed by atoms with Gasteiger partial charge in [0.05, 0.1) is 18.5 Å². The third-order valence-corrected chi connectivity index (χ3v) is 5.07. The fourth-order valence-corrected chi connectivity index (χ4v) is 3.33. The molecule has 30 heavy (non-hydrogen) atoms. The molecule has 0 saturated heterocycles. The van der Waals surface area contributed by atoms with E-state index in [1.165, 1.54) is 12.0 Å². The van der Waals surface area contributed by atoms with E-state index >= 15 is 0 Å². The first-order chi connectivity index (χ1) is 14.5. The highest BCUT2D eigenvalue weighted by atomic mass is 35.5. The number of nitrogens with one attached hydrogen (secondary N) is 1. The van der Waals surface area contributed by atoms with Crippen LogP contribution in [0.4, 0.5) is 11.4 Å². The predicted octanol–water partition coefficient (Wildman–Crippen LogP) is 4.44. The average molecular weight is 424 g/mol. The summed E-state index contributed by atoms with van der Waals surface area (Å²) in [7, 11) is 1.49. The minimum Gasteiger partial charge on any atom is -0.495 e. The number of methoxy groups -OCH3 is 1. The second-order valence-electron chi connectivity index (χ2n) is 6.67. The van der Waals surface area contributed by atoms with Gasteiger partial charge in [-0.1, -0.05) is 23.7 Å². The molecule has 1 aromatic heterocycles. The van der Waals surface area contributed by atoms with Crippen LogP contribution in [-0.2, 0) is 4.79 Å². The van der Waals surface area contributed by atoms with Gasteiger partial charge in [-0.25, -0.2) is 4.98 Å². The molecule has 0 spiro atoms. The van der Waals surface area contributed by atoms with Gasteiger partial charge in [-0.05, 0) is 42.8 Å². The zero-order valence-electron chi connectivity index (χ0n) is 16.3. The molecule has 2 aromatic carbocycles. The van der Waals surface area contributed by atoms with Crippen molar-refractivity contribution in [1.82, 2.24) is 4.98 Å². The smallest absolute Gasteiger partial charge is 0.264 e. The van der Waals surface area contributed by atoms with Crippen LogP contribution in [0.5, 0.6) is 17.4 Å². The molecule has 0 radical (unpaired) electrons. The highest BCUT2D eigenvalue weighted by molar-refractivity contribution is 6.31. The number of rotatable bonds is 4. The Morgan fingerprint density at radius 1 is 1.23 bits per heavy atom. The lowest BCUT2D eigenvalue weighted by Crippen LogP contribution is -2.37. The lowest BCUT2D eigenvalue weighted by molar-refractivity contribution is -0.114. The van der Waals surface area contributed by atoms with E-state index in [-0.39, 0.29) is 23.9 Å². The van der Waals surface area contributed by atoms with Crippen LogP contribution in [-0.4, -0.2) is 30.5 Å². The Morgan fingerprint density at radius 3 is 2.83 bits per heavy atom. The first kappa shape index (κ1) is 19.7. The van der Waals surface area contributed by atoms with E-state index < -0.39 is 5.91 Å². The molecule has 0 bridgehead atoms. The summed E-state index contributed by atoms with van der Waals surface area (Å²) in [6.45, 7) is 1.60. The largest absolute Gasteiger partial charge is 0.495 e. The van der Waals surface area contributed by atoms with Crippen molar-refractivity contribution in [3.8, 4) is 17.4 Å². The Bertz CT molecular complexity index is 1150. The highest BCUT2D eigenvalue weighted by Crippen LogP contribution is 2.37. The fraction of sp³-hybridized carbons (Fsp3) is 0.136. The monoisotopic (exact) mass is 423 g/mol. The lowest BCUT2D eigenvalue weighted by Gasteiger charge is -2.22. The van der Waals surface area contributed by atoms with Crippen LogP contribution in [0.25, 0.3) is 0 Å². The zero-order chi connectivity index (χ0) is 21.3. The zero-order valence-corrected chi connectivity index (χ0v) is 17.1. The number of hydrogen-bond donors (Lipinski definition) is 1. The molecule has 1 aliphatic rings. The van der Waals surface area contributed by atoms with E-state index in [1.807, 2.05) is 6.92 Å². The number of hydrogen-bond acceptors (Lipinski definition) is 5. The molecule has 2 heterocycles. The van der Waals surface area contributed by atoms with Crippen molar-refractivity contribution < 1.29 is 19.1 Å². The Hall–Kier alpha value is -3.58. The summed E-state index contributed by atoms with van der Waals surface area (Å²) in [5, 5.41) is 3.33. The molecule has 0 unspecified atom stereocenters. The number of para-hydroxylation sites is 2. The Balaban J connectivity index is 1.66. The molecule has 7 nitrogen and oxygen atoms in total. The summed E-state index contributed by atoms with van der Waals surface area (Å²) in [5.74, 6) is 0.297. The second-order valence-corrected chi connectivity index (χ2v) is 7.07. The molecule has 4 rings (SSSR count). The first-order valence-electron chi connectivity index (χ1n) is 9.15. The number of halogens is 1. The van der Waals surface area contributed by atoms with Crippen molar-refractivity contribution in [3.05, 3.63) is 70.9 Å². The molecular formula is C22H18ClN3O4. The van der Waals surface area contributed by atoms with Gasteiger partial charge >= 0.3 is 0 Å². The Kier molecular flexibility index (Phi) is 5.29. The maximum absolute atomic E-state index is 13.2. The molecule has 1 N–H and O–H groups in total. The van der Waals surface area contributed by atoms with Gasteiger partial charge in [0, 0.05) is 17.3 Å². The van der Waals surface area contributed by atoms with Crippen molar-refractivity contribution in [3.63, 3.8) is 0 Å². The van der Waals surface area contributed by atoms with Crippen LogP contribution < -0.4 is 19.7 Å². The fourth-order valence-electron chi connectivity index (χ4n) is 3.18. The van der Waals surface area contributed by atoms with E-state index in [2.05, 4.69) is 10.3 Å². The molecule has 152 valence electrons. The number of benzene rings is 2. The molecule has 0 saturated carbocycles. The highest BCUT2D eigenvalue weighted by Gasteiger charge is 2.30. The van der Waals surface area contributed by atoms with Crippen LogP contribution in [0.15, 0.2) is 54.7 Å². The molecule has 1 aliphatic heterocycles. The third kappa shape index (κ3) is 3.67. The SMILES string of the molecule is COc1cc(Cl)c(C)cc1NC(=O)CN1C(=O)c2cccnc2Oc2ccccc21. The van der Waals surface area contributed by atoms with Gasteiger partial charge in [0.1, 0.15) is 17.9 Å². The predicted molar refractivity (Wildman–Crippen MR) is 114 cm³/mol. The molecule has 0 fully saturated rings. The van der Waals surface area contributed by atoms with Gasteiger partial charge in [0.15, 0.2) is 5.75 Å². The molecule has 2 amide bonds. The lowest BCUT2D eigenvalue weighted by atomic mass is 10.2. The number of carbonyl (C=O) groups is 2. The third-order valence-electron chi connectivity index (χ3n) is 4.67. The normalized spacial score (nSPS) is 12.4. The van der Waals surface area contributed by atoms with Crippen molar-refractivity contribution in [1.29, 1.82) is 0 Å². The van der Waals surface area contributed by atoms with Gasteiger partial charge in [-0.3, -0.25) is 14.5 Å². The van der Waals surface area contributed by atoms with E-state index in [1.54, 1.807) is 54.7 Å². The van der Waals surface area contributed by atoms with Crippen molar-refractivity contribution >= 4 is 34.8 Å². The number of nitrogens with zero attached hydrogens (tertiary/aromatic N) is 2. The van der Waals surface area contributed by atoms with Gasteiger partial charge in [0.25, 0.3) is 5.91 Å². The van der Waals surface area contributed by atoms with E-state index in [4.69, 9.17) is 21.1 Å². The molecular weight excluding hydrogens is 406 g/mol. The summed E-state index contributed by atoms with van der Waals surface area (Å²) in [6.07, 6.45) is 1.55. The number of fused-ring (bicyclic) bond motifs is 2. The maximum atomic E-state index is 13.2. The second kappa shape index (κ2) is 8.04.